The summed E-state index contributed by atoms with van der Waals surface area (Å²) in [7, 11) is 0. The first-order valence-corrected chi connectivity index (χ1v) is 7.97. The van der Waals surface area contributed by atoms with E-state index >= 15 is 0 Å². The summed E-state index contributed by atoms with van der Waals surface area (Å²) >= 11 is 11.3. The standard InChI is InChI=1S/C16H12ClN5O2S/c1-10-3-2-4-11(7-10)15-19-20-16(25)21(15)18-9-12-8-13(22(23)24)5-6-14(12)17/h2-9H,1H3,(H,20,25). The number of nitrogens with zero attached hydrogens (tertiary/aromatic N) is 4. The van der Waals surface area contributed by atoms with Crippen molar-refractivity contribution in [3.05, 3.63) is 73.5 Å². The first-order valence-electron chi connectivity index (χ1n) is 7.18. The highest BCUT2D eigenvalue weighted by molar-refractivity contribution is 7.71. The second kappa shape index (κ2) is 6.96. The van der Waals surface area contributed by atoms with E-state index < -0.39 is 4.92 Å². The first-order chi connectivity index (χ1) is 12.0. The van der Waals surface area contributed by atoms with E-state index in [0.29, 0.717) is 21.2 Å². The van der Waals surface area contributed by atoms with E-state index in [0.717, 1.165) is 11.1 Å². The number of hydrogen-bond acceptors (Lipinski definition) is 5. The van der Waals surface area contributed by atoms with Crippen molar-refractivity contribution in [2.45, 2.75) is 6.92 Å². The van der Waals surface area contributed by atoms with Gasteiger partial charge in [0, 0.05) is 28.3 Å². The van der Waals surface area contributed by atoms with Crippen LogP contribution in [0.5, 0.6) is 0 Å². The van der Waals surface area contributed by atoms with Crippen LogP contribution in [0.25, 0.3) is 11.4 Å². The fourth-order valence-corrected chi connectivity index (χ4v) is 2.58. The number of rotatable bonds is 4. The maximum Gasteiger partial charge on any atom is 0.270 e. The molecule has 126 valence electrons. The largest absolute Gasteiger partial charge is 0.270 e. The summed E-state index contributed by atoms with van der Waals surface area (Å²) in [6.07, 6.45) is 1.42. The lowest BCUT2D eigenvalue weighted by molar-refractivity contribution is -0.384. The molecule has 3 rings (SSSR count). The van der Waals surface area contributed by atoms with Gasteiger partial charge in [0.15, 0.2) is 5.82 Å². The van der Waals surface area contributed by atoms with Gasteiger partial charge in [-0.15, -0.1) is 0 Å². The highest BCUT2D eigenvalue weighted by atomic mass is 35.5. The van der Waals surface area contributed by atoms with Crippen molar-refractivity contribution in [1.82, 2.24) is 14.9 Å². The van der Waals surface area contributed by atoms with Crippen LogP contribution < -0.4 is 0 Å². The maximum absolute atomic E-state index is 10.9. The minimum absolute atomic E-state index is 0.0689. The second-order valence-corrected chi connectivity index (χ2v) is 6.04. The third kappa shape index (κ3) is 3.65. The number of nitrogens with one attached hydrogen (secondary N) is 1. The van der Waals surface area contributed by atoms with Gasteiger partial charge in [0.05, 0.1) is 11.1 Å². The predicted octanol–water partition coefficient (Wildman–Crippen LogP) is 4.36. The van der Waals surface area contributed by atoms with Crippen molar-refractivity contribution >= 4 is 35.7 Å². The van der Waals surface area contributed by atoms with Crippen molar-refractivity contribution in [3.8, 4) is 11.4 Å². The van der Waals surface area contributed by atoms with Crippen molar-refractivity contribution in [2.24, 2.45) is 5.10 Å². The molecule has 0 bridgehead atoms. The molecule has 0 unspecified atom stereocenters. The van der Waals surface area contributed by atoms with Gasteiger partial charge in [-0.25, -0.2) is 5.10 Å². The summed E-state index contributed by atoms with van der Waals surface area (Å²) in [6, 6.07) is 11.9. The molecule has 0 saturated heterocycles. The number of benzene rings is 2. The van der Waals surface area contributed by atoms with Gasteiger partial charge in [0.25, 0.3) is 5.69 Å². The zero-order valence-electron chi connectivity index (χ0n) is 13.0. The van der Waals surface area contributed by atoms with E-state index in [4.69, 9.17) is 23.8 Å². The van der Waals surface area contributed by atoms with Crippen LogP contribution in [0.15, 0.2) is 47.6 Å². The van der Waals surface area contributed by atoms with Gasteiger partial charge in [-0.2, -0.15) is 14.9 Å². The van der Waals surface area contributed by atoms with E-state index in [1.54, 1.807) is 0 Å². The lowest BCUT2D eigenvalue weighted by Gasteiger charge is -2.02. The summed E-state index contributed by atoms with van der Waals surface area (Å²) in [5.74, 6) is 0.534. The van der Waals surface area contributed by atoms with Crippen LogP contribution >= 0.6 is 23.8 Å². The summed E-state index contributed by atoms with van der Waals surface area (Å²) < 4.78 is 1.74. The number of nitro groups is 1. The molecule has 0 fully saturated rings. The van der Waals surface area contributed by atoms with Gasteiger partial charge in [-0.1, -0.05) is 35.4 Å². The molecule has 0 radical (unpaired) electrons. The Kier molecular flexibility index (Phi) is 4.73. The summed E-state index contributed by atoms with van der Waals surface area (Å²) in [6.45, 7) is 1.97. The van der Waals surface area contributed by atoms with Gasteiger partial charge < -0.3 is 0 Å². The Balaban J connectivity index is 2.03. The minimum atomic E-state index is -0.491. The molecule has 0 amide bonds. The number of non-ortho nitro benzene ring substituents is 1. The van der Waals surface area contributed by atoms with Crippen LogP contribution in [-0.4, -0.2) is 26.0 Å². The van der Waals surface area contributed by atoms with Gasteiger partial charge in [-0.3, -0.25) is 10.1 Å². The van der Waals surface area contributed by atoms with Crippen LogP contribution in [-0.2, 0) is 0 Å². The molecule has 0 aliphatic rings. The molecule has 0 spiro atoms. The SMILES string of the molecule is Cc1cccc(-c2n[nH]c(=S)n2N=Cc2cc([N+](=O)[O-])ccc2Cl)c1. The minimum Gasteiger partial charge on any atom is -0.258 e. The Labute approximate surface area is 152 Å². The van der Waals surface area contributed by atoms with Crippen LogP contribution in [0, 0.1) is 21.8 Å². The maximum atomic E-state index is 10.9. The van der Waals surface area contributed by atoms with E-state index in [2.05, 4.69) is 15.3 Å². The number of nitro benzene ring substituents is 1. The number of aromatic amines is 1. The normalized spacial score (nSPS) is 11.1. The molecule has 1 N–H and O–H groups in total. The van der Waals surface area contributed by atoms with Gasteiger partial charge in [0.2, 0.25) is 4.77 Å². The summed E-state index contributed by atoms with van der Waals surface area (Å²) in [5.41, 5.74) is 2.26. The average Bonchev–Trinajstić information content (AvgIpc) is 2.94. The zero-order valence-corrected chi connectivity index (χ0v) is 14.6. The highest BCUT2D eigenvalue weighted by Crippen LogP contribution is 2.22. The van der Waals surface area contributed by atoms with Gasteiger partial charge in [0.1, 0.15) is 0 Å². The topological polar surface area (TPSA) is 89.1 Å². The molecule has 0 atom stereocenters. The molecule has 0 saturated carbocycles. The molecule has 1 aromatic heterocycles. The Hall–Kier alpha value is -2.84. The Morgan fingerprint density at radius 3 is 2.88 bits per heavy atom. The lowest BCUT2D eigenvalue weighted by atomic mass is 10.1. The quantitative estimate of drug-likeness (QED) is 0.318. The molecule has 7 nitrogen and oxygen atoms in total. The van der Waals surface area contributed by atoms with E-state index in [-0.39, 0.29) is 5.69 Å². The molecule has 0 aliphatic carbocycles. The molecular formula is C16H12ClN5O2S. The van der Waals surface area contributed by atoms with Crippen molar-refractivity contribution in [2.75, 3.05) is 0 Å². The van der Waals surface area contributed by atoms with Crippen LogP contribution in [0.2, 0.25) is 5.02 Å². The van der Waals surface area contributed by atoms with Gasteiger partial charge >= 0.3 is 0 Å². The smallest absolute Gasteiger partial charge is 0.258 e. The number of halogens is 1. The number of H-pyrrole nitrogens is 1. The monoisotopic (exact) mass is 373 g/mol. The Morgan fingerprint density at radius 2 is 2.16 bits per heavy atom. The van der Waals surface area contributed by atoms with Crippen molar-refractivity contribution in [3.63, 3.8) is 0 Å². The zero-order chi connectivity index (χ0) is 18.0. The highest BCUT2D eigenvalue weighted by Gasteiger charge is 2.10. The Bertz CT molecular complexity index is 1040. The molecule has 3 aromatic rings. The van der Waals surface area contributed by atoms with Crippen LogP contribution in [0.4, 0.5) is 5.69 Å². The molecule has 25 heavy (non-hydrogen) atoms. The first kappa shape index (κ1) is 17.0. The third-order valence-electron chi connectivity index (χ3n) is 3.43. The van der Waals surface area contributed by atoms with E-state index in [1.165, 1.54) is 29.1 Å². The fraction of sp³-hybridized carbons (Fsp3) is 0.0625. The van der Waals surface area contributed by atoms with Crippen molar-refractivity contribution < 1.29 is 4.92 Å². The predicted molar refractivity (Wildman–Crippen MR) is 98.7 cm³/mol. The van der Waals surface area contributed by atoms with E-state index in [1.807, 2.05) is 31.2 Å². The molecule has 1 heterocycles. The summed E-state index contributed by atoms with van der Waals surface area (Å²) in [4.78, 5) is 10.4. The number of aromatic nitrogens is 3. The van der Waals surface area contributed by atoms with Crippen LogP contribution in [0.1, 0.15) is 11.1 Å². The number of hydrogen-bond donors (Lipinski definition) is 1. The molecular weight excluding hydrogens is 362 g/mol. The molecule has 2 aromatic carbocycles. The fourth-order valence-electron chi connectivity index (χ4n) is 2.23. The Morgan fingerprint density at radius 1 is 1.36 bits per heavy atom. The third-order valence-corrected chi connectivity index (χ3v) is 4.04. The average molecular weight is 374 g/mol. The molecule has 0 aliphatic heterocycles. The number of aryl methyl sites for hydroxylation is 1. The van der Waals surface area contributed by atoms with Crippen molar-refractivity contribution in [1.29, 1.82) is 0 Å². The second-order valence-electron chi connectivity index (χ2n) is 5.24. The lowest BCUT2D eigenvalue weighted by Crippen LogP contribution is -1.96. The van der Waals surface area contributed by atoms with Crippen LogP contribution in [0.3, 0.4) is 0 Å². The van der Waals surface area contributed by atoms with Gasteiger partial charge in [-0.05, 0) is 31.3 Å². The molecule has 9 heteroatoms. The van der Waals surface area contributed by atoms with E-state index in [9.17, 15) is 10.1 Å². The summed E-state index contributed by atoms with van der Waals surface area (Å²) in [5, 5.41) is 22.4.